The van der Waals surface area contributed by atoms with E-state index in [4.69, 9.17) is 0 Å². The van der Waals surface area contributed by atoms with Crippen molar-refractivity contribution in [2.24, 2.45) is 0 Å². The topological polar surface area (TPSA) is 67.3 Å². The number of hydrogen-bond donors (Lipinski definition) is 1. The zero-order valence-electron chi connectivity index (χ0n) is 7.75. The van der Waals surface area contributed by atoms with Gasteiger partial charge in [-0.3, -0.25) is 5.10 Å². The van der Waals surface area contributed by atoms with Crippen LogP contribution in [0.2, 0.25) is 0 Å². The molecule has 2 heterocycles. The molecule has 0 saturated heterocycles. The molecule has 0 saturated carbocycles. The van der Waals surface area contributed by atoms with Gasteiger partial charge in [0.25, 0.3) is 0 Å². The standard InChI is InChI=1S/C10H7N5/c1-2-4-8-7(3-1)9(14-13-8)10-11-5-6-12-15-10/h1-6H,(H,13,14). The molecule has 3 aromatic rings. The number of para-hydroxylation sites is 1. The highest BCUT2D eigenvalue weighted by Crippen LogP contribution is 2.21. The Morgan fingerprint density at radius 2 is 2.00 bits per heavy atom. The minimum absolute atomic E-state index is 0.537. The van der Waals surface area contributed by atoms with Gasteiger partial charge in [0.15, 0.2) is 0 Å². The number of nitrogens with zero attached hydrogens (tertiary/aromatic N) is 4. The van der Waals surface area contributed by atoms with Crippen molar-refractivity contribution in [2.45, 2.75) is 0 Å². The summed E-state index contributed by atoms with van der Waals surface area (Å²) in [7, 11) is 0. The van der Waals surface area contributed by atoms with Gasteiger partial charge in [-0.2, -0.15) is 10.2 Å². The summed E-state index contributed by atoms with van der Waals surface area (Å²) in [6.45, 7) is 0. The van der Waals surface area contributed by atoms with Crippen molar-refractivity contribution < 1.29 is 0 Å². The molecule has 0 fully saturated rings. The predicted octanol–water partition coefficient (Wildman–Crippen LogP) is 1.41. The molecule has 1 aromatic carbocycles. The van der Waals surface area contributed by atoms with Gasteiger partial charge in [0.2, 0.25) is 5.82 Å². The molecule has 0 radical (unpaired) electrons. The zero-order valence-corrected chi connectivity index (χ0v) is 7.75. The molecule has 5 nitrogen and oxygen atoms in total. The molecule has 0 aliphatic rings. The van der Waals surface area contributed by atoms with E-state index in [9.17, 15) is 0 Å². The number of aromatic nitrogens is 5. The average molecular weight is 197 g/mol. The van der Waals surface area contributed by atoms with E-state index in [-0.39, 0.29) is 0 Å². The number of benzene rings is 1. The second kappa shape index (κ2) is 3.13. The van der Waals surface area contributed by atoms with Gasteiger partial charge in [-0.05, 0) is 6.07 Å². The first-order chi connectivity index (χ1) is 7.45. The second-order valence-electron chi connectivity index (χ2n) is 3.08. The Hall–Kier alpha value is -2.30. The predicted molar refractivity (Wildman–Crippen MR) is 54.9 cm³/mol. The van der Waals surface area contributed by atoms with Gasteiger partial charge in [-0.15, -0.1) is 5.10 Å². The third-order valence-corrected chi connectivity index (χ3v) is 2.16. The number of rotatable bonds is 1. The lowest BCUT2D eigenvalue weighted by Gasteiger charge is -1.92. The molecule has 0 bridgehead atoms. The van der Waals surface area contributed by atoms with Crippen LogP contribution in [0.15, 0.2) is 36.7 Å². The molecule has 15 heavy (non-hydrogen) atoms. The van der Waals surface area contributed by atoms with Gasteiger partial charge in [-0.25, -0.2) is 4.98 Å². The molecule has 2 aromatic heterocycles. The van der Waals surface area contributed by atoms with E-state index in [1.54, 1.807) is 12.4 Å². The van der Waals surface area contributed by atoms with Gasteiger partial charge in [0.05, 0.1) is 11.7 Å². The molecule has 5 heteroatoms. The lowest BCUT2D eigenvalue weighted by Crippen LogP contribution is -1.90. The van der Waals surface area contributed by atoms with E-state index < -0.39 is 0 Å². The first-order valence-corrected chi connectivity index (χ1v) is 4.52. The highest BCUT2D eigenvalue weighted by Gasteiger charge is 2.09. The highest BCUT2D eigenvalue weighted by atomic mass is 15.2. The Labute approximate surface area is 85.2 Å². The van der Waals surface area contributed by atoms with Crippen LogP contribution in [0.5, 0.6) is 0 Å². The van der Waals surface area contributed by atoms with Crippen LogP contribution in [0.1, 0.15) is 0 Å². The molecular weight excluding hydrogens is 190 g/mol. The van der Waals surface area contributed by atoms with E-state index in [1.807, 2.05) is 24.3 Å². The van der Waals surface area contributed by atoms with Crippen molar-refractivity contribution in [3.63, 3.8) is 0 Å². The van der Waals surface area contributed by atoms with Gasteiger partial charge < -0.3 is 0 Å². The fourth-order valence-electron chi connectivity index (χ4n) is 1.49. The minimum atomic E-state index is 0.537. The quantitative estimate of drug-likeness (QED) is 0.640. The molecule has 0 aliphatic carbocycles. The fraction of sp³-hybridized carbons (Fsp3) is 0. The van der Waals surface area contributed by atoms with Crippen molar-refractivity contribution in [1.29, 1.82) is 0 Å². The maximum absolute atomic E-state index is 4.18. The normalized spacial score (nSPS) is 10.7. The highest BCUT2D eigenvalue weighted by molar-refractivity contribution is 5.90. The molecular formula is C10H7N5. The Balaban J connectivity index is 2.28. The van der Waals surface area contributed by atoms with Crippen LogP contribution in [-0.2, 0) is 0 Å². The number of fused-ring (bicyclic) bond motifs is 1. The van der Waals surface area contributed by atoms with E-state index in [2.05, 4.69) is 25.4 Å². The summed E-state index contributed by atoms with van der Waals surface area (Å²) < 4.78 is 0. The van der Waals surface area contributed by atoms with Crippen molar-refractivity contribution in [3.8, 4) is 11.5 Å². The molecule has 1 N–H and O–H groups in total. The fourth-order valence-corrected chi connectivity index (χ4v) is 1.49. The van der Waals surface area contributed by atoms with Crippen molar-refractivity contribution >= 4 is 10.9 Å². The van der Waals surface area contributed by atoms with E-state index in [0.717, 1.165) is 16.6 Å². The summed E-state index contributed by atoms with van der Waals surface area (Å²) in [6, 6.07) is 7.85. The van der Waals surface area contributed by atoms with Gasteiger partial charge in [0.1, 0.15) is 5.69 Å². The van der Waals surface area contributed by atoms with E-state index in [1.165, 1.54) is 0 Å². The van der Waals surface area contributed by atoms with Gasteiger partial charge in [0, 0.05) is 11.6 Å². The summed E-state index contributed by atoms with van der Waals surface area (Å²) in [6.07, 6.45) is 3.14. The largest absolute Gasteiger partial charge is 0.277 e. The van der Waals surface area contributed by atoms with E-state index in [0.29, 0.717) is 5.82 Å². The molecule has 0 amide bonds. The van der Waals surface area contributed by atoms with Crippen LogP contribution in [0.3, 0.4) is 0 Å². The molecule has 72 valence electrons. The molecule has 0 aliphatic heterocycles. The van der Waals surface area contributed by atoms with Crippen LogP contribution >= 0.6 is 0 Å². The minimum Gasteiger partial charge on any atom is -0.277 e. The van der Waals surface area contributed by atoms with Crippen LogP contribution in [-0.4, -0.2) is 25.4 Å². The molecule has 0 atom stereocenters. The summed E-state index contributed by atoms with van der Waals surface area (Å²) in [5, 5.41) is 15.8. The molecule has 0 unspecified atom stereocenters. The first-order valence-electron chi connectivity index (χ1n) is 4.52. The third kappa shape index (κ3) is 1.25. The summed E-state index contributed by atoms with van der Waals surface area (Å²) in [5.74, 6) is 0.537. The van der Waals surface area contributed by atoms with Crippen LogP contribution in [0.25, 0.3) is 22.4 Å². The Morgan fingerprint density at radius 1 is 1.07 bits per heavy atom. The number of aromatic amines is 1. The van der Waals surface area contributed by atoms with Crippen LogP contribution in [0.4, 0.5) is 0 Å². The monoisotopic (exact) mass is 197 g/mol. The summed E-state index contributed by atoms with van der Waals surface area (Å²) in [4.78, 5) is 4.12. The SMILES string of the molecule is c1ccc2c(-c3nccnn3)n[nH]c2c1. The molecule has 0 spiro atoms. The van der Waals surface area contributed by atoms with Crippen molar-refractivity contribution in [3.05, 3.63) is 36.7 Å². The van der Waals surface area contributed by atoms with E-state index >= 15 is 0 Å². The van der Waals surface area contributed by atoms with Crippen LogP contribution < -0.4 is 0 Å². The second-order valence-corrected chi connectivity index (χ2v) is 3.08. The Bertz CT molecular complexity index is 587. The average Bonchev–Trinajstić information content (AvgIpc) is 2.74. The Kier molecular flexibility index (Phi) is 1.68. The zero-order chi connectivity index (χ0) is 10.1. The summed E-state index contributed by atoms with van der Waals surface area (Å²) in [5.41, 5.74) is 1.71. The number of nitrogens with one attached hydrogen (secondary N) is 1. The third-order valence-electron chi connectivity index (χ3n) is 2.16. The van der Waals surface area contributed by atoms with Gasteiger partial charge >= 0.3 is 0 Å². The molecule has 3 rings (SSSR count). The number of H-pyrrole nitrogens is 1. The van der Waals surface area contributed by atoms with Crippen LogP contribution in [0, 0.1) is 0 Å². The Morgan fingerprint density at radius 3 is 2.87 bits per heavy atom. The first kappa shape index (κ1) is 8.05. The maximum Gasteiger partial charge on any atom is 0.202 e. The maximum atomic E-state index is 4.18. The number of hydrogen-bond acceptors (Lipinski definition) is 4. The summed E-state index contributed by atoms with van der Waals surface area (Å²) >= 11 is 0. The van der Waals surface area contributed by atoms with Crippen molar-refractivity contribution in [1.82, 2.24) is 25.4 Å². The smallest absolute Gasteiger partial charge is 0.202 e. The van der Waals surface area contributed by atoms with Crippen molar-refractivity contribution in [2.75, 3.05) is 0 Å². The lowest BCUT2D eigenvalue weighted by atomic mass is 10.2. The van der Waals surface area contributed by atoms with Gasteiger partial charge in [-0.1, -0.05) is 18.2 Å². The lowest BCUT2D eigenvalue weighted by molar-refractivity contribution is 0.965.